The zero-order valence-corrected chi connectivity index (χ0v) is 26.0. The first-order chi connectivity index (χ1) is 20.8. The highest BCUT2D eigenvalue weighted by atomic mass is 19.4. The number of methoxy groups -OCH3 is 1. The Morgan fingerprint density at radius 3 is 1.93 bits per heavy atom. The molecular formula is C31H36F3N3O8. The fraction of sp³-hybridized carbons (Fsp3) is 0.516. The first-order valence-electron chi connectivity index (χ1n) is 14.2. The van der Waals surface area contributed by atoms with Gasteiger partial charge in [0.15, 0.2) is 12.2 Å². The van der Waals surface area contributed by atoms with Crippen molar-refractivity contribution >= 4 is 18.2 Å². The van der Waals surface area contributed by atoms with Crippen LogP contribution in [0.3, 0.4) is 0 Å². The van der Waals surface area contributed by atoms with Crippen molar-refractivity contribution in [1.82, 2.24) is 4.90 Å². The smallest absolute Gasteiger partial charge is 0.497 e. The summed E-state index contributed by atoms with van der Waals surface area (Å²) in [7, 11) is 1.52. The number of carbonyl (C=O) groups excluding carboxylic acids is 3. The van der Waals surface area contributed by atoms with Crippen LogP contribution in [0.5, 0.6) is 5.75 Å². The van der Waals surface area contributed by atoms with Crippen molar-refractivity contribution in [2.75, 3.05) is 13.7 Å². The number of carbonyl (C=O) groups is 3. The minimum atomic E-state index is -4.73. The number of rotatable bonds is 7. The Morgan fingerprint density at radius 2 is 1.44 bits per heavy atom. The normalized spacial score (nSPS) is 20.8. The lowest BCUT2D eigenvalue weighted by molar-refractivity contribution is -0.166. The SMILES string of the molecule is COc1ccc(C[C@@H]2[C@H](OC(=O)c3ccc(C4(C(F)(F)F)N=N4)cc3)[C@@H](OC(=O)OC(C)(C)C)CN2C(=O)OC(C)(C)C)cc1. The number of hydrogen-bond acceptors (Lipinski definition) is 10. The molecule has 1 fully saturated rings. The van der Waals surface area contributed by atoms with E-state index in [1.54, 1.807) is 65.8 Å². The molecule has 0 aromatic heterocycles. The van der Waals surface area contributed by atoms with Gasteiger partial charge in [-0.1, -0.05) is 24.3 Å². The molecule has 2 aliphatic heterocycles. The van der Waals surface area contributed by atoms with Crippen LogP contribution < -0.4 is 4.74 Å². The maximum Gasteiger partial charge on any atom is 0.509 e. The Morgan fingerprint density at radius 1 is 0.867 bits per heavy atom. The van der Waals surface area contributed by atoms with Gasteiger partial charge in [0.2, 0.25) is 0 Å². The summed E-state index contributed by atoms with van der Waals surface area (Å²) < 4.78 is 68.0. The average Bonchev–Trinajstić information content (AvgIpc) is 3.68. The number of alkyl halides is 3. The van der Waals surface area contributed by atoms with Gasteiger partial charge in [0.1, 0.15) is 17.0 Å². The van der Waals surface area contributed by atoms with Crippen molar-refractivity contribution in [1.29, 1.82) is 0 Å². The van der Waals surface area contributed by atoms with Gasteiger partial charge in [0.05, 0.1) is 25.3 Å². The molecule has 1 saturated heterocycles. The van der Waals surface area contributed by atoms with Gasteiger partial charge in [-0.25, -0.2) is 14.4 Å². The first kappa shape index (κ1) is 33.5. The highest BCUT2D eigenvalue weighted by molar-refractivity contribution is 5.89. The quantitative estimate of drug-likeness (QED) is 0.247. The van der Waals surface area contributed by atoms with Gasteiger partial charge < -0.3 is 23.7 Å². The van der Waals surface area contributed by atoms with E-state index in [0.29, 0.717) is 5.75 Å². The van der Waals surface area contributed by atoms with Crippen LogP contribution in [-0.4, -0.2) is 72.4 Å². The molecule has 0 aliphatic carbocycles. The predicted molar refractivity (Wildman–Crippen MR) is 153 cm³/mol. The zero-order valence-electron chi connectivity index (χ0n) is 26.0. The Bertz CT molecular complexity index is 1420. The van der Waals surface area contributed by atoms with Gasteiger partial charge in [-0.05, 0) is 77.8 Å². The molecule has 1 amide bonds. The molecule has 0 N–H and O–H groups in total. The minimum Gasteiger partial charge on any atom is -0.497 e. The Kier molecular flexibility index (Phi) is 9.09. The minimum absolute atomic E-state index is 0.0772. The predicted octanol–water partition coefficient (Wildman–Crippen LogP) is 6.58. The van der Waals surface area contributed by atoms with Gasteiger partial charge in [-0.2, -0.15) is 13.2 Å². The molecule has 0 radical (unpaired) electrons. The first-order valence-corrected chi connectivity index (χ1v) is 14.2. The van der Waals surface area contributed by atoms with Gasteiger partial charge in [0.25, 0.3) is 0 Å². The summed E-state index contributed by atoms with van der Waals surface area (Å²) >= 11 is 0. The number of esters is 1. The van der Waals surface area contributed by atoms with E-state index in [9.17, 15) is 27.6 Å². The van der Waals surface area contributed by atoms with Crippen LogP contribution >= 0.6 is 0 Å². The van der Waals surface area contributed by atoms with Gasteiger partial charge in [-0.15, -0.1) is 10.2 Å². The van der Waals surface area contributed by atoms with E-state index in [-0.39, 0.29) is 24.1 Å². The summed E-state index contributed by atoms with van der Waals surface area (Å²) in [6.07, 6.45) is -8.72. The largest absolute Gasteiger partial charge is 0.509 e. The summed E-state index contributed by atoms with van der Waals surface area (Å²) in [6.45, 7) is 9.84. The Balaban J connectivity index is 1.65. The number of ether oxygens (including phenoxy) is 5. The topological polar surface area (TPSA) is 125 Å². The average molecular weight is 636 g/mol. The standard InChI is InChI=1S/C31H36F3N3O8/c1-28(2,3)44-26(39)37-17-23(42-27(40)45-29(4,5)6)24(22(37)16-18-8-14-21(41-7)15-9-18)43-25(38)19-10-12-20(13-11-19)30(35-36-30)31(32,33)34/h8-15,22-24H,16-17H2,1-7H3/t22-,23+,24+/m1/s1. The van der Waals surface area contributed by atoms with Crippen LogP contribution in [0.1, 0.15) is 63.0 Å². The van der Waals surface area contributed by atoms with E-state index in [1.165, 1.54) is 12.0 Å². The molecule has 0 spiro atoms. The van der Waals surface area contributed by atoms with Crippen molar-refractivity contribution < 1.29 is 51.2 Å². The molecule has 0 bridgehead atoms. The fourth-order valence-electron chi connectivity index (χ4n) is 4.75. The number of amides is 1. The maximum atomic E-state index is 13.5. The molecule has 4 rings (SSSR count). The monoisotopic (exact) mass is 635 g/mol. The Hall–Kier alpha value is -4.36. The molecule has 2 heterocycles. The van der Waals surface area contributed by atoms with Crippen LogP contribution in [0, 0.1) is 0 Å². The van der Waals surface area contributed by atoms with Gasteiger partial charge in [0, 0.05) is 5.56 Å². The molecule has 45 heavy (non-hydrogen) atoms. The van der Waals surface area contributed by atoms with Crippen molar-refractivity contribution in [2.45, 2.75) is 89.3 Å². The summed E-state index contributed by atoms with van der Waals surface area (Å²) in [5.74, 6) is -0.313. The van der Waals surface area contributed by atoms with Crippen molar-refractivity contribution in [3.63, 3.8) is 0 Å². The van der Waals surface area contributed by atoms with Crippen LogP contribution in [0.15, 0.2) is 58.8 Å². The summed E-state index contributed by atoms with van der Waals surface area (Å²) in [6, 6.07) is 10.6. The van der Waals surface area contributed by atoms with E-state index in [4.69, 9.17) is 23.7 Å². The molecule has 2 aliphatic rings. The summed E-state index contributed by atoms with van der Waals surface area (Å²) in [5.41, 5.74) is -4.01. The van der Waals surface area contributed by atoms with Crippen LogP contribution in [-0.2, 0) is 31.0 Å². The molecule has 11 nitrogen and oxygen atoms in total. The molecule has 3 atom stereocenters. The van der Waals surface area contributed by atoms with Crippen molar-refractivity contribution in [3.05, 3.63) is 65.2 Å². The molecule has 244 valence electrons. The number of halogens is 3. The number of nitrogens with zero attached hydrogens (tertiary/aromatic N) is 3. The highest BCUT2D eigenvalue weighted by Gasteiger charge is 2.65. The molecular weight excluding hydrogens is 599 g/mol. The lowest BCUT2D eigenvalue weighted by Gasteiger charge is -2.30. The van der Waals surface area contributed by atoms with E-state index >= 15 is 0 Å². The van der Waals surface area contributed by atoms with Crippen LogP contribution in [0.25, 0.3) is 0 Å². The maximum absolute atomic E-state index is 13.5. The number of likely N-dealkylation sites (tertiary alicyclic amines) is 1. The summed E-state index contributed by atoms with van der Waals surface area (Å²) in [5, 5.41) is 6.35. The third kappa shape index (κ3) is 8.03. The van der Waals surface area contributed by atoms with Crippen LogP contribution in [0.2, 0.25) is 0 Å². The third-order valence-corrected chi connectivity index (χ3v) is 6.85. The molecule has 2 aromatic rings. The lowest BCUT2D eigenvalue weighted by Crippen LogP contribution is -2.45. The highest BCUT2D eigenvalue weighted by Crippen LogP contribution is 2.52. The molecule has 2 aromatic carbocycles. The van der Waals surface area contributed by atoms with E-state index in [2.05, 4.69) is 10.2 Å². The van der Waals surface area contributed by atoms with Crippen LogP contribution in [0.4, 0.5) is 22.8 Å². The lowest BCUT2D eigenvalue weighted by atomic mass is 10.00. The summed E-state index contributed by atoms with van der Waals surface area (Å²) in [4.78, 5) is 40.9. The number of benzene rings is 2. The zero-order chi connectivity index (χ0) is 33.4. The van der Waals surface area contributed by atoms with E-state index in [0.717, 1.165) is 29.8 Å². The second-order valence-electron chi connectivity index (χ2n) is 12.7. The van der Waals surface area contributed by atoms with Crippen molar-refractivity contribution in [2.24, 2.45) is 10.2 Å². The fourth-order valence-corrected chi connectivity index (χ4v) is 4.75. The third-order valence-electron chi connectivity index (χ3n) is 6.85. The van der Waals surface area contributed by atoms with E-state index < -0.39 is 59.5 Å². The van der Waals surface area contributed by atoms with Gasteiger partial charge >= 0.3 is 30.1 Å². The van der Waals surface area contributed by atoms with E-state index in [1.807, 2.05) is 0 Å². The molecule has 0 saturated carbocycles. The number of hydrogen-bond donors (Lipinski definition) is 0. The second kappa shape index (κ2) is 12.2. The molecule has 0 unspecified atom stereocenters. The van der Waals surface area contributed by atoms with Gasteiger partial charge in [-0.3, -0.25) is 4.90 Å². The van der Waals surface area contributed by atoms with Crippen molar-refractivity contribution in [3.8, 4) is 5.75 Å². The molecule has 14 heteroatoms. The second-order valence-corrected chi connectivity index (χ2v) is 12.7. The Labute approximate surface area is 258 Å².